The van der Waals surface area contributed by atoms with Gasteiger partial charge in [-0.3, -0.25) is 9.59 Å². The highest BCUT2D eigenvalue weighted by Crippen LogP contribution is 2.26. The summed E-state index contributed by atoms with van der Waals surface area (Å²) in [6.45, 7) is 10.3. The molecule has 0 aromatic carbocycles. The number of hydrogen-bond acceptors (Lipinski definition) is 2. The number of hydrogen-bond donors (Lipinski definition) is 1. The first-order valence-electron chi connectivity index (χ1n) is 6.54. The zero-order chi connectivity index (χ0) is 13.2. The van der Waals surface area contributed by atoms with E-state index < -0.39 is 5.54 Å². The highest BCUT2D eigenvalue weighted by atomic mass is 16.2. The van der Waals surface area contributed by atoms with E-state index in [1.165, 1.54) is 0 Å². The lowest BCUT2D eigenvalue weighted by Crippen LogP contribution is -2.70. The Hall–Kier alpha value is -1.06. The van der Waals surface area contributed by atoms with Crippen LogP contribution in [0.3, 0.4) is 0 Å². The van der Waals surface area contributed by atoms with Crippen LogP contribution in [0.2, 0.25) is 0 Å². The van der Waals surface area contributed by atoms with Crippen molar-refractivity contribution in [3.63, 3.8) is 0 Å². The van der Waals surface area contributed by atoms with Gasteiger partial charge in [-0.05, 0) is 26.2 Å². The molecule has 1 heterocycles. The molecule has 4 heteroatoms. The van der Waals surface area contributed by atoms with Gasteiger partial charge in [0.25, 0.3) is 0 Å². The van der Waals surface area contributed by atoms with Crippen LogP contribution in [-0.4, -0.2) is 34.8 Å². The van der Waals surface area contributed by atoms with Crippen molar-refractivity contribution in [1.29, 1.82) is 0 Å². The number of nitrogens with zero attached hydrogens (tertiary/aromatic N) is 1. The van der Waals surface area contributed by atoms with Gasteiger partial charge in [0.05, 0.1) is 0 Å². The molecule has 17 heavy (non-hydrogen) atoms. The lowest BCUT2D eigenvalue weighted by molar-refractivity contribution is -0.156. The van der Waals surface area contributed by atoms with E-state index in [4.69, 9.17) is 0 Å². The molecule has 0 aliphatic carbocycles. The highest BCUT2D eigenvalue weighted by Gasteiger charge is 2.47. The van der Waals surface area contributed by atoms with Crippen LogP contribution in [-0.2, 0) is 9.59 Å². The second-order valence-corrected chi connectivity index (χ2v) is 5.10. The van der Waals surface area contributed by atoms with Crippen molar-refractivity contribution in [3.8, 4) is 0 Å². The molecule has 0 spiro atoms. The van der Waals surface area contributed by atoms with Gasteiger partial charge in [-0.2, -0.15) is 0 Å². The number of nitrogens with one attached hydrogen (secondary N) is 1. The van der Waals surface area contributed by atoms with Gasteiger partial charge in [0.1, 0.15) is 11.6 Å². The van der Waals surface area contributed by atoms with Crippen molar-refractivity contribution >= 4 is 11.8 Å². The quantitative estimate of drug-likeness (QED) is 0.810. The van der Waals surface area contributed by atoms with E-state index >= 15 is 0 Å². The Morgan fingerprint density at radius 1 is 1.35 bits per heavy atom. The molecule has 1 aliphatic heterocycles. The summed E-state index contributed by atoms with van der Waals surface area (Å²) in [5, 5.41) is 2.89. The molecule has 0 bridgehead atoms. The Morgan fingerprint density at radius 3 is 2.35 bits per heavy atom. The third-order valence-electron chi connectivity index (χ3n) is 3.97. The van der Waals surface area contributed by atoms with Gasteiger partial charge >= 0.3 is 0 Å². The molecule has 1 aliphatic rings. The summed E-state index contributed by atoms with van der Waals surface area (Å²) in [6, 6.07) is -0.308. The third kappa shape index (κ3) is 2.31. The van der Waals surface area contributed by atoms with Gasteiger partial charge in [-0.1, -0.05) is 27.2 Å². The fourth-order valence-corrected chi connectivity index (χ4v) is 2.35. The summed E-state index contributed by atoms with van der Waals surface area (Å²) in [5.74, 6) is 0.234. The lowest BCUT2D eigenvalue weighted by Gasteiger charge is -2.45. The maximum absolute atomic E-state index is 12.4. The third-order valence-corrected chi connectivity index (χ3v) is 3.97. The van der Waals surface area contributed by atoms with Crippen molar-refractivity contribution in [3.05, 3.63) is 0 Å². The maximum Gasteiger partial charge on any atom is 0.248 e. The molecule has 0 aromatic heterocycles. The summed E-state index contributed by atoms with van der Waals surface area (Å²) in [7, 11) is 0. The van der Waals surface area contributed by atoms with Crippen molar-refractivity contribution < 1.29 is 9.59 Å². The van der Waals surface area contributed by atoms with Crippen LogP contribution in [0.5, 0.6) is 0 Å². The molecule has 3 atom stereocenters. The molecular weight excluding hydrogens is 216 g/mol. The molecule has 1 N–H and O–H groups in total. The van der Waals surface area contributed by atoms with Crippen molar-refractivity contribution in [2.75, 3.05) is 6.54 Å². The second-order valence-electron chi connectivity index (χ2n) is 5.10. The van der Waals surface area contributed by atoms with Crippen molar-refractivity contribution in [2.45, 2.75) is 59.0 Å². The van der Waals surface area contributed by atoms with Crippen LogP contribution in [0, 0.1) is 5.92 Å². The van der Waals surface area contributed by atoms with Crippen LogP contribution in [0.25, 0.3) is 0 Å². The maximum atomic E-state index is 12.4. The molecule has 3 unspecified atom stereocenters. The summed E-state index contributed by atoms with van der Waals surface area (Å²) < 4.78 is 0. The minimum Gasteiger partial charge on any atom is -0.340 e. The van der Waals surface area contributed by atoms with Crippen molar-refractivity contribution in [2.24, 2.45) is 5.92 Å². The van der Waals surface area contributed by atoms with Crippen LogP contribution >= 0.6 is 0 Å². The number of amides is 2. The summed E-state index contributed by atoms with van der Waals surface area (Å²) in [6.07, 6.45) is 1.52. The van der Waals surface area contributed by atoms with E-state index in [9.17, 15) is 9.59 Å². The van der Waals surface area contributed by atoms with Gasteiger partial charge in [-0.15, -0.1) is 0 Å². The van der Waals surface area contributed by atoms with E-state index in [0.717, 1.165) is 6.42 Å². The van der Waals surface area contributed by atoms with Gasteiger partial charge in [0.15, 0.2) is 0 Å². The number of rotatable bonds is 4. The van der Waals surface area contributed by atoms with E-state index in [0.29, 0.717) is 13.0 Å². The monoisotopic (exact) mass is 240 g/mol. The Bertz CT molecular complexity index is 317. The molecule has 0 aromatic rings. The van der Waals surface area contributed by atoms with E-state index in [1.807, 2.05) is 34.6 Å². The second kappa shape index (κ2) is 5.07. The first-order chi connectivity index (χ1) is 7.91. The topological polar surface area (TPSA) is 49.4 Å². The van der Waals surface area contributed by atoms with Crippen LogP contribution in [0.1, 0.15) is 47.5 Å². The predicted octanol–water partition coefficient (Wildman–Crippen LogP) is 1.55. The molecule has 1 saturated heterocycles. The minimum atomic E-state index is -0.725. The Morgan fingerprint density at radius 2 is 1.94 bits per heavy atom. The summed E-state index contributed by atoms with van der Waals surface area (Å²) >= 11 is 0. The van der Waals surface area contributed by atoms with Gasteiger partial charge in [-0.25, -0.2) is 0 Å². The fourth-order valence-electron chi connectivity index (χ4n) is 2.35. The number of piperazine rings is 1. The standard InChI is InChI=1S/C13H24N2O2/c1-6-9(4)10-11(16)14-13(5,7-2)12(17)15(10)8-3/h9-10H,6-8H2,1-5H3,(H,14,16). The summed E-state index contributed by atoms with van der Waals surface area (Å²) in [5.41, 5.74) is -0.725. The van der Waals surface area contributed by atoms with E-state index in [2.05, 4.69) is 5.32 Å². The van der Waals surface area contributed by atoms with Crippen LogP contribution in [0.15, 0.2) is 0 Å². The molecule has 0 radical (unpaired) electrons. The smallest absolute Gasteiger partial charge is 0.248 e. The Labute approximate surface area is 104 Å². The van der Waals surface area contributed by atoms with Crippen molar-refractivity contribution in [1.82, 2.24) is 10.2 Å². The number of carbonyl (C=O) groups excluding carboxylic acids is 2. The molecular formula is C13H24N2O2. The SMILES string of the molecule is CCC(C)C1C(=O)NC(C)(CC)C(=O)N1CC. The first-order valence-corrected chi connectivity index (χ1v) is 6.54. The molecule has 98 valence electrons. The van der Waals surface area contributed by atoms with E-state index in [-0.39, 0.29) is 23.8 Å². The summed E-state index contributed by atoms with van der Waals surface area (Å²) in [4.78, 5) is 26.3. The van der Waals surface area contributed by atoms with Gasteiger partial charge < -0.3 is 10.2 Å². The van der Waals surface area contributed by atoms with Crippen LogP contribution in [0.4, 0.5) is 0 Å². The van der Waals surface area contributed by atoms with Crippen LogP contribution < -0.4 is 5.32 Å². The Balaban J connectivity index is 3.05. The minimum absolute atomic E-state index is 0.00912. The zero-order valence-electron chi connectivity index (χ0n) is 11.5. The van der Waals surface area contributed by atoms with Gasteiger partial charge in [0, 0.05) is 6.54 Å². The lowest BCUT2D eigenvalue weighted by atomic mass is 9.87. The molecule has 1 rings (SSSR count). The largest absolute Gasteiger partial charge is 0.340 e. The van der Waals surface area contributed by atoms with Gasteiger partial charge in [0.2, 0.25) is 11.8 Å². The Kier molecular flexibility index (Phi) is 4.17. The first kappa shape index (κ1) is 14.0. The number of likely N-dealkylation sites (N-methyl/N-ethyl adjacent to an activating group) is 1. The average Bonchev–Trinajstić information content (AvgIpc) is 2.32. The number of carbonyl (C=O) groups is 2. The predicted molar refractivity (Wildman–Crippen MR) is 67.5 cm³/mol. The average molecular weight is 240 g/mol. The molecule has 0 saturated carbocycles. The zero-order valence-corrected chi connectivity index (χ0v) is 11.5. The van der Waals surface area contributed by atoms with E-state index in [1.54, 1.807) is 4.90 Å². The molecule has 4 nitrogen and oxygen atoms in total. The fraction of sp³-hybridized carbons (Fsp3) is 0.846. The normalized spacial score (nSPS) is 31.4. The molecule has 2 amide bonds. The highest BCUT2D eigenvalue weighted by molar-refractivity contribution is 5.99. The molecule has 1 fully saturated rings.